The Kier molecular flexibility index (Phi) is 5.21. The summed E-state index contributed by atoms with van der Waals surface area (Å²) in [6, 6.07) is 9.41. The fourth-order valence-corrected chi connectivity index (χ4v) is 2.49. The monoisotopic (exact) mass is 382 g/mol. The molecule has 114 valence electrons. The van der Waals surface area contributed by atoms with Gasteiger partial charge in [0.2, 0.25) is 11.6 Å². The second-order valence-corrected chi connectivity index (χ2v) is 5.70. The summed E-state index contributed by atoms with van der Waals surface area (Å²) in [6.45, 7) is 0. The molecule has 0 fully saturated rings. The highest BCUT2D eigenvalue weighted by molar-refractivity contribution is 9.10. The fraction of sp³-hybridized carbons (Fsp3) is 0.125. The molecule has 0 aromatic heterocycles. The van der Waals surface area contributed by atoms with Gasteiger partial charge in [0.25, 0.3) is 0 Å². The van der Waals surface area contributed by atoms with Crippen LogP contribution in [-0.2, 0) is 0 Å². The van der Waals surface area contributed by atoms with E-state index in [-0.39, 0.29) is 16.9 Å². The predicted molar refractivity (Wildman–Crippen MR) is 87.4 cm³/mol. The quantitative estimate of drug-likeness (QED) is 0.574. The molecule has 22 heavy (non-hydrogen) atoms. The maximum absolute atomic E-state index is 12.5. The van der Waals surface area contributed by atoms with Crippen LogP contribution in [0.15, 0.2) is 40.9 Å². The van der Waals surface area contributed by atoms with Crippen LogP contribution in [0.25, 0.3) is 0 Å². The molecule has 0 spiro atoms. The van der Waals surface area contributed by atoms with Crippen molar-refractivity contribution in [1.82, 2.24) is 0 Å². The Morgan fingerprint density at radius 2 is 1.41 bits per heavy atom. The third-order valence-electron chi connectivity index (χ3n) is 3.02. The van der Waals surface area contributed by atoms with Crippen LogP contribution < -0.4 is 9.47 Å². The minimum Gasteiger partial charge on any atom is -0.496 e. The minimum absolute atomic E-state index is 0.113. The van der Waals surface area contributed by atoms with Gasteiger partial charge in [0.1, 0.15) is 11.5 Å². The number of halogens is 2. The molecule has 0 atom stereocenters. The molecule has 2 aromatic rings. The molecule has 0 aliphatic heterocycles. The largest absolute Gasteiger partial charge is 0.496 e. The Labute approximate surface area is 141 Å². The van der Waals surface area contributed by atoms with Crippen molar-refractivity contribution in [2.75, 3.05) is 14.2 Å². The van der Waals surface area contributed by atoms with Crippen LogP contribution in [0.1, 0.15) is 20.7 Å². The summed E-state index contributed by atoms with van der Waals surface area (Å²) in [5, 5.41) is 0.346. The van der Waals surface area contributed by atoms with E-state index in [1.165, 1.54) is 26.4 Å². The van der Waals surface area contributed by atoms with Crippen LogP contribution >= 0.6 is 27.5 Å². The van der Waals surface area contributed by atoms with Crippen molar-refractivity contribution in [3.63, 3.8) is 0 Å². The molecular weight excluding hydrogens is 372 g/mol. The number of methoxy groups -OCH3 is 2. The molecule has 0 aliphatic carbocycles. The van der Waals surface area contributed by atoms with Crippen molar-refractivity contribution in [3.05, 3.63) is 57.0 Å². The average molecular weight is 384 g/mol. The van der Waals surface area contributed by atoms with Gasteiger partial charge in [-0.05, 0) is 36.4 Å². The molecule has 0 radical (unpaired) electrons. The van der Waals surface area contributed by atoms with Crippen molar-refractivity contribution in [3.8, 4) is 11.5 Å². The number of ether oxygens (including phenoxy) is 2. The third-order valence-corrected chi connectivity index (χ3v) is 3.75. The minimum atomic E-state index is -0.712. The summed E-state index contributed by atoms with van der Waals surface area (Å²) >= 11 is 9.18. The van der Waals surface area contributed by atoms with Gasteiger partial charge < -0.3 is 9.47 Å². The molecule has 2 aromatic carbocycles. The highest BCUT2D eigenvalue weighted by Crippen LogP contribution is 2.28. The van der Waals surface area contributed by atoms with E-state index in [2.05, 4.69) is 15.9 Å². The van der Waals surface area contributed by atoms with E-state index in [1.807, 2.05) is 0 Å². The SMILES string of the molecule is COc1ccc(Cl)cc1C(=O)C(=O)c1cc(Br)ccc1OC. The van der Waals surface area contributed by atoms with Gasteiger partial charge >= 0.3 is 0 Å². The second kappa shape index (κ2) is 6.94. The van der Waals surface area contributed by atoms with Crippen LogP contribution in [0.4, 0.5) is 0 Å². The topological polar surface area (TPSA) is 52.6 Å². The molecular formula is C16H12BrClO4. The Morgan fingerprint density at radius 3 is 1.95 bits per heavy atom. The maximum atomic E-state index is 12.5. The zero-order valence-electron chi connectivity index (χ0n) is 11.9. The summed E-state index contributed by atoms with van der Waals surface area (Å²) in [7, 11) is 2.86. The maximum Gasteiger partial charge on any atom is 0.237 e. The van der Waals surface area contributed by atoms with Crippen LogP contribution in [0.5, 0.6) is 11.5 Å². The van der Waals surface area contributed by atoms with Crippen LogP contribution in [0.2, 0.25) is 5.02 Å². The first kappa shape index (κ1) is 16.5. The van der Waals surface area contributed by atoms with Crippen molar-refractivity contribution >= 4 is 39.1 Å². The highest BCUT2D eigenvalue weighted by Gasteiger charge is 2.25. The standard InChI is InChI=1S/C16H12BrClO4/c1-21-13-5-3-9(17)7-11(13)15(19)16(20)12-8-10(18)4-6-14(12)22-2/h3-8H,1-2H3. The summed E-state index contributed by atoms with van der Waals surface area (Å²) < 4.78 is 10.9. The van der Waals surface area contributed by atoms with Gasteiger partial charge in [0.15, 0.2) is 0 Å². The normalized spacial score (nSPS) is 10.2. The lowest BCUT2D eigenvalue weighted by Gasteiger charge is -2.10. The first-order chi connectivity index (χ1) is 10.5. The Morgan fingerprint density at radius 1 is 0.909 bits per heavy atom. The van der Waals surface area contributed by atoms with Crippen LogP contribution in [0, 0.1) is 0 Å². The molecule has 2 rings (SSSR count). The lowest BCUT2D eigenvalue weighted by Crippen LogP contribution is -2.16. The summed E-state index contributed by atoms with van der Waals surface area (Å²) in [6.07, 6.45) is 0. The van der Waals surface area contributed by atoms with E-state index in [4.69, 9.17) is 21.1 Å². The van der Waals surface area contributed by atoms with Crippen molar-refractivity contribution in [1.29, 1.82) is 0 Å². The van der Waals surface area contributed by atoms with E-state index in [0.717, 1.165) is 0 Å². The highest BCUT2D eigenvalue weighted by atomic mass is 79.9. The molecule has 0 unspecified atom stereocenters. The number of carbonyl (C=O) groups excluding carboxylic acids is 2. The van der Waals surface area contributed by atoms with E-state index in [0.29, 0.717) is 15.2 Å². The molecule has 6 heteroatoms. The first-order valence-corrected chi connectivity index (χ1v) is 7.41. The molecule has 0 bridgehead atoms. The van der Waals surface area contributed by atoms with Gasteiger partial charge in [-0.3, -0.25) is 9.59 Å². The fourth-order valence-electron chi connectivity index (χ4n) is 1.96. The van der Waals surface area contributed by atoms with Gasteiger partial charge in [-0.1, -0.05) is 27.5 Å². The number of benzene rings is 2. The van der Waals surface area contributed by atoms with Gasteiger partial charge in [-0.2, -0.15) is 0 Å². The molecule has 0 saturated heterocycles. The van der Waals surface area contributed by atoms with Crippen molar-refractivity contribution < 1.29 is 19.1 Å². The van der Waals surface area contributed by atoms with E-state index in [1.54, 1.807) is 24.3 Å². The summed E-state index contributed by atoms with van der Waals surface area (Å²) in [5.41, 5.74) is 0.283. The Balaban J connectivity index is 2.48. The zero-order chi connectivity index (χ0) is 16.3. The second-order valence-electron chi connectivity index (χ2n) is 4.35. The molecule has 4 nitrogen and oxygen atoms in total. The molecule has 0 amide bonds. The lowest BCUT2D eigenvalue weighted by atomic mass is 10.00. The number of hydrogen-bond acceptors (Lipinski definition) is 4. The Hall–Kier alpha value is -1.85. The molecule has 0 N–H and O–H groups in total. The smallest absolute Gasteiger partial charge is 0.237 e. The number of hydrogen-bond donors (Lipinski definition) is 0. The number of carbonyl (C=O) groups is 2. The van der Waals surface area contributed by atoms with Gasteiger partial charge in [-0.25, -0.2) is 0 Å². The van der Waals surface area contributed by atoms with E-state index >= 15 is 0 Å². The number of Topliss-reactive ketones (excluding diaryl/α,β-unsaturated/α-hetero) is 2. The third kappa shape index (κ3) is 3.31. The lowest BCUT2D eigenvalue weighted by molar-refractivity contribution is 0.0813. The average Bonchev–Trinajstić information content (AvgIpc) is 2.53. The molecule has 0 aliphatic rings. The van der Waals surface area contributed by atoms with E-state index in [9.17, 15) is 9.59 Å². The van der Waals surface area contributed by atoms with Gasteiger partial charge in [0.05, 0.1) is 25.3 Å². The number of ketones is 2. The summed E-state index contributed by atoms with van der Waals surface area (Å²) in [5.74, 6) is -0.797. The zero-order valence-corrected chi connectivity index (χ0v) is 14.2. The van der Waals surface area contributed by atoms with E-state index < -0.39 is 11.6 Å². The number of rotatable bonds is 5. The summed E-state index contributed by atoms with van der Waals surface area (Å²) in [4.78, 5) is 25.0. The molecule has 0 saturated carbocycles. The van der Waals surface area contributed by atoms with Gasteiger partial charge in [-0.15, -0.1) is 0 Å². The first-order valence-electron chi connectivity index (χ1n) is 6.24. The predicted octanol–water partition coefficient (Wildman–Crippen LogP) is 4.19. The Bertz CT molecular complexity index is 679. The van der Waals surface area contributed by atoms with Crippen LogP contribution in [0.3, 0.4) is 0 Å². The molecule has 0 heterocycles. The van der Waals surface area contributed by atoms with Gasteiger partial charge in [0, 0.05) is 9.50 Å². The van der Waals surface area contributed by atoms with Crippen LogP contribution in [-0.4, -0.2) is 25.8 Å². The van der Waals surface area contributed by atoms with Crippen molar-refractivity contribution in [2.45, 2.75) is 0 Å². The van der Waals surface area contributed by atoms with Crippen molar-refractivity contribution in [2.24, 2.45) is 0 Å².